The number of rotatable bonds is 14. The van der Waals surface area contributed by atoms with Crippen molar-refractivity contribution in [3.05, 3.63) is 36.1 Å². The molecule has 2 heterocycles. The highest BCUT2D eigenvalue weighted by molar-refractivity contribution is 6.11. The predicted octanol–water partition coefficient (Wildman–Crippen LogP) is 6.92. The molecule has 1 aliphatic rings. The van der Waals surface area contributed by atoms with Gasteiger partial charge in [0, 0.05) is 36.7 Å². The molecule has 284 valence electrons. The SMILES string of the molecule is CC(=O)CN(CCCC(=O)Oc1c2ccccc2c(OC(=O)NCCCCC(=O)OC(C)(C)C)c2oc(C3(C)OCCO3)cc12)C(=O)OC(C)(C)C. The van der Waals surface area contributed by atoms with Crippen LogP contribution in [0.4, 0.5) is 9.59 Å². The fraction of sp³-hybridized carbons (Fsp3) is 0.553. The molecule has 0 bridgehead atoms. The van der Waals surface area contributed by atoms with Crippen LogP contribution in [0.5, 0.6) is 11.5 Å². The second kappa shape index (κ2) is 16.8. The summed E-state index contributed by atoms with van der Waals surface area (Å²) in [6.07, 6.45) is -0.0399. The molecule has 0 aliphatic carbocycles. The third-order valence-electron chi connectivity index (χ3n) is 7.67. The highest BCUT2D eigenvalue weighted by atomic mass is 16.7. The van der Waals surface area contributed by atoms with Crippen molar-refractivity contribution in [3.63, 3.8) is 0 Å². The summed E-state index contributed by atoms with van der Waals surface area (Å²) in [5.41, 5.74) is -1.19. The summed E-state index contributed by atoms with van der Waals surface area (Å²) in [4.78, 5) is 64.2. The van der Waals surface area contributed by atoms with Gasteiger partial charge in [-0.05, 0) is 80.7 Å². The molecule has 0 unspecified atom stereocenters. The van der Waals surface area contributed by atoms with Gasteiger partial charge >= 0.3 is 24.1 Å². The van der Waals surface area contributed by atoms with E-state index in [9.17, 15) is 24.0 Å². The van der Waals surface area contributed by atoms with Gasteiger partial charge in [0.25, 0.3) is 0 Å². The lowest BCUT2D eigenvalue weighted by atomic mass is 10.0. The summed E-state index contributed by atoms with van der Waals surface area (Å²) in [6.45, 7) is 14.5. The highest BCUT2D eigenvalue weighted by Crippen LogP contribution is 2.47. The number of Topliss-reactive ketones (excluding diaryl/α,β-unsaturated/α-hetero) is 1. The van der Waals surface area contributed by atoms with Gasteiger partial charge in [-0.25, -0.2) is 9.59 Å². The average molecular weight is 727 g/mol. The molecular formula is C38H50N2O12. The zero-order valence-electron chi connectivity index (χ0n) is 31.3. The van der Waals surface area contributed by atoms with E-state index in [4.69, 9.17) is 32.8 Å². The van der Waals surface area contributed by atoms with Crippen molar-refractivity contribution in [3.8, 4) is 11.5 Å². The van der Waals surface area contributed by atoms with Gasteiger partial charge in [0.2, 0.25) is 5.79 Å². The number of amides is 2. The standard InChI is InChI=1S/C38H50N2O12/c1-24(41)23-40(35(45)52-37(5,6)7)19-13-17-29(42)49-31-25-14-9-10-15-26(25)32(33-27(31)22-28(48-33)38(8)46-20-21-47-38)50-34(44)39-18-12-11-16-30(43)51-36(2,3)4/h9-10,14-15,22H,11-13,16-21,23H2,1-8H3,(H,39,44). The van der Waals surface area contributed by atoms with Crippen LogP contribution < -0.4 is 14.8 Å². The second-order valence-electron chi connectivity index (χ2n) is 14.7. The summed E-state index contributed by atoms with van der Waals surface area (Å²) >= 11 is 0. The molecule has 1 saturated heterocycles. The molecule has 2 aromatic carbocycles. The average Bonchev–Trinajstić information content (AvgIpc) is 3.68. The van der Waals surface area contributed by atoms with Gasteiger partial charge in [0.15, 0.2) is 17.1 Å². The van der Waals surface area contributed by atoms with E-state index < -0.39 is 35.1 Å². The maximum absolute atomic E-state index is 13.3. The van der Waals surface area contributed by atoms with Crippen molar-refractivity contribution >= 4 is 51.7 Å². The molecule has 0 saturated carbocycles. The largest absolute Gasteiger partial charge is 0.460 e. The fourth-order valence-electron chi connectivity index (χ4n) is 5.48. The van der Waals surface area contributed by atoms with Gasteiger partial charge in [-0.1, -0.05) is 24.3 Å². The Morgan fingerprint density at radius 3 is 2.04 bits per heavy atom. The first-order chi connectivity index (χ1) is 24.3. The van der Waals surface area contributed by atoms with Crippen LogP contribution in [0.2, 0.25) is 0 Å². The van der Waals surface area contributed by atoms with E-state index in [0.29, 0.717) is 42.2 Å². The van der Waals surface area contributed by atoms with Crippen molar-refractivity contribution in [2.45, 2.75) is 104 Å². The summed E-state index contributed by atoms with van der Waals surface area (Å²) in [7, 11) is 0. The lowest BCUT2D eigenvalue weighted by molar-refractivity contribution is -0.162. The number of carbonyl (C=O) groups is 5. The number of carbonyl (C=O) groups excluding carboxylic acids is 5. The number of nitrogens with zero attached hydrogens (tertiary/aromatic N) is 1. The number of hydrogen-bond acceptors (Lipinski definition) is 12. The number of benzene rings is 2. The Hall–Kier alpha value is -4.69. The number of fused-ring (bicyclic) bond motifs is 2. The van der Waals surface area contributed by atoms with E-state index in [2.05, 4.69) is 5.32 Å². The van der Waals surface area contributed by atoms with E-state index in [0.717, 1.165) is 0 Å². The van der Waals surface area contributed by atoms with E-state index in [1.807, 2.05) is 0 Å². The number of unbranched alkanes of at least 4 members (excludes halogenated alkanes) is 1. The molecule has 2 amide bonds. The Bertz CT molecular complexity index is 1780. The molecule has 1 N–H and O–H groups in total. The quantitative estimate of drug-likeness (QED) is 0.104. The predicted molar refractivity (Wildman–Crippen MR) is 190 cm³/mol. The minimum absolute atomic E-state index is 0.0870. The Morgan fingerprint density at radius 1 is 0.808 bits per heavy atom. The number of furan rings is 1. The van der Waals surface area contributed by atoms with Gasteiger partial charge in [0.05, 0.1) is 25.1 Å². The van der Waals surface area contributed by atoms with Gasteiger partial charge < -0.3 is 43.1 Å². The van der Waals surface area contributed by atoms with Crippen molar-refractivity contribution in [1.29, 1.82) is 0 Å². The third-order valence-corrected chi connectivity index (χ3v) is 7.67. The number of esters is 2. The molecule has 52 heavy (non-hydrogen) atoms. The summed E-state index contributed by atoms with van der Waals surface area (Å²) in [6, 6.07) is 8.57. The Kier molecular flexibility index (Phi) is 12.9. The zero-order valence-corrected chi connectivity index (χ0v) is 31.3. The van der Waals surface area contributed by atoms with E-state index in [-0.39, 0.29) is 73.5 Å². The molecule has 0 atom stereocenters. The van der Waals surface area contributed by atoms with Crippen LogP contribution in [0.1, 0.15) is 93.3 Å². The van der Waals surface area contributed by atoms with E-state index in [1.54, 1.807) is 78.8 Å². The molecule has 1 fully saturated rings. The fourth-order valence-corrected chi connectivity index (χ4v) is 5.48. The summed E-state index contributed by atoms with van der Waals surface area (Å²) in [5, 5.41) is 3.97. The normalized spacial score (nSPS) is 14.2. The Balaban J connectivity index is 1.55. The molecule has 4 rings (SSSR count). The molecule has 0 spiro atoms. The van der Waals surface area contributed by atoms with Crippen LogP contribution in [0, 0.1) is 0 Å². The molecule has 1 aliphatic heterocycles. The molecule has 14 nitrogen and oxygen atoms in total. The highest BCUT2D eigenvalue weighted by Gasteiger charge is 2.38. The van der Waals surface area contributed by atoms with Gasteiger partial charge in [0.1, 0.15) is 22.7 Å². The first-order valence-corrected chi connectivity index (χ1v) is 17.5. The van der Waals surface area contributed by atoms with Crippen LogP contribution >= 0.6 is 0 Å². The summed E-state index contributed by atoms with van der Waals surface area (Å²) < 4.78 is 40.5. The molecule has 14 heteroatoms. The summed E-state index contributed by atoms with van der Waals surface area (Å²) in [5.74, 6) is -1.82. The van der Waals surface area contributed by atoms with Crippen molar-refractivity contribution in [2.75, 3.05) is 32.8 Å². The van der Waals surface area contributed by atoms with Crippen molar-refractivity contribution in [1.82, 2.24) is 10.2 Å². The van der Waals surface area contributed by atoms with Gasteiger partial charge in [-0.15, -0.1) is 0 Å². The minimum Gasteiger partial charge on any atom is -0.460 e. The Morgan fingerprint density at radius 2 is 1.42 bits per heavy atom. The van der Waals surface area contributed by atoms with Gasteiger partial charge in [-0.2, -0.15) is 0 Å². The second-order valence-corrected chi connectivity index (χ2v) is 14.7. The van der Waals surface area contributed by atoms with Crippen molar-refractivity contribution in [2.24, 2.45) is 0 Å². The minimum atomic E-state index is -1.23. The van der Waals surface area contributed by atoms with E-state index >= 15 is 0 Å². The number of nitrogens with one attached hydrogen (secondary N) is 1. The van der Waals surface area contributed by atoms with Crippen LogP contribution in [-0.4, -0.2) is 78.9 Å². The topological polar surface area (TPSA) is 169 Å². The Labute approximate surface area is 303 Å². The van der Waals surface area contributed by atoms with Crippen LogP contribution in [0.3, 0.4) is 0 Å². The van der Waals surface area contributed by atoms with Crippen LogP contribution in [-0.2, 0) is 39.1 Å². The van der Waals surface area contributed by atoms with E-state index in [1.165, 1.54) is 11.8 Å². The monoisotopic (exact) mass is 726 g/mol. The lowest BCUT2D eigenvalue weighted by Gasteiger charge is -2.26. The molecular weight excluding hydrogens is 676 g/mol. The first-order valence-electron chi connectivity index (χ1n) is 17.5. The number of ether oxygens (including phenoxy) is 6. The number of hydrogen-bond donors (Lipinski definition) is 1. The maximum Gasteiger partial charge on any atom is 0.412 e. The van der Waals surface area contributed by atoms with Gasteiger partial charge in [-0.3, -0.25) is 14.4 Å². The molecule has 3 aromatic rings. The zero-order chi connectivity index (χ0) is 38.3. The smallest absolute Gasteiger partial charge is 0.412 e. The van der Waals surface area contributed by atoms with Crippen LogP contribution in [0.25, 0.3) is 21.7 Å². The lowest BCUT2D eigenvalue weighted by Crippen LogP contribution is -2.40. The van der Waals surface area contributed by atoms with Crippen molar-refractivity contribution < 1.29 is 56.8 Å². The first kappa shape index (κ1) is 40.1. The van der Waals surface area contributed by atoms with Crippen LogP contribution in [0.15, 0.2) is 34.7 Å². The molecule has 0 radical (unpaired) electrons. The third kappa shape index (κ3) is 11.2. The maximum atomic E-state index is 13.3. The number of ketones is 1. The molecule has 1 aromatic heterocycles.